The third-order valence-corrected chi connectivity index (χ3v) is 4.50. The highest BCUT2D eigenvalue weighted by molar-refractivity contribution is 6.05. The second-order valence-electron chi connectivity index (χ2n) is 6.93. The van der Waals surface area contributed by atoms with Gasteiger partial charge in [-0.25, -0.2) is 9.18 Å². The summed E-state index contributed by atoms with van der Waals surface area (Å²) in [5.74, 6) is -2.90. The maximum Gasteiger partial charge on any atom is 0.419 e. The third kappa shape index (κ3) is 6.30. The van der Waals surface area contributed by atoms with Crippen molar-refractivity contribution in [2.24, 2.45) is 5.73 Å². The minimum absolute atomic E-state index is 0.134. The first-order valence-corrected chi connectivity index (χ1v) is 9.66. The van der Waals surface area contributed by atoms with Crippen LogP contribution in [0.5, 0.6) is 0 Å². The lowest BCUT2D eigenvalue weighted by molar-refractivity contribution is -0.139. The number of hydrogen-bond donors (Lipinski definition) is 3. The van der Waals surface area contributed by atoms with Crippen LogP contribution in [0.4, 0.5) is 33.7 Å². The van der Waals surface area contributed by atoms with E-state index in [2.05, 4.69) is 10.6 Å². The van der Waals surface area contributed by atoms with E-state index in [9.17, 15) is 27.2 Å². The SMILES string of the molecule is NCc1cccc(NC(=O)c2cc(NC(=O)OCc3ccccc3)cc(C(F)(F)F)c2F)c1. The number of nitrogens with one attached hydrogen (secondary N) is 2. The van der Waals surface area contributed by atoms with Gasteiger partial charge in [0.25, 0.3) is 5.91 Å². The zero-order chi connectivity index (χ0) is 24.0. The molecule has 3 aromatic rings. The number of carbonyl (C=O) groups excluding carboxylic acids is 2. The van der Waals surface area contributed by atoms with Gasteiger partial charge < -0.3 is 15.8 Å². The van der Waals surface area contributed by atoms with E-state index in [-0.39, 0.29) is 18.8 Å². The van der Waals surface area contributed by atoms with Gasteiger partial charge in [-0.1, -0.05) is 42.5 Å². The molecule has 3 rings (SSSR count). The van der Waals surface area contributed by atoms with Crippen LogP contribution in [0, 0.1) is 5.82 Å². The van der Waals surface area contributed by atoms with Gasteiger partial charge in [0, 0.05) is 17.9 Å². The molecule has 0 aliphatic carbocycles. The number of nitrogens with two attached hydrogens (primary N) is 1. The zero-order valence-electron chi connectivity index (χ0n) is 17.1. The van der Waals surface area contributed by atoms with Crippen LogP contribution in [0.2, 0.25) is 0 Å². The summed E-state index contributed by atoms with van der Waals surface area (Å²) in [6.07, 6.45) is -6.18. The molecule has 0 saturated heterocycles. The van der Waals surface area contributed by atoms with E-state index >= 15 is 0 Å². The summed E-state index contributed by atoms with van der Waals surface area (Å²) in [4.78, 5) is 24.6. The Labute approximate surface area is 186 Å². The van der Waals surface area contributed by atoms with Crippen LogP contribution in [-0.4, -0.2) is 12.0 Å². The fourth-order valence-electron chi connectivity index (χ4n) is 2.92. The molecule has 0 radical (unpaired) electrons. The Kier molecular flexibility index (Phi) is 7.29. The minimum atomic E-state index is -5.11. The second-order valence-corrected chi connectivity index (χ2v) is 6.93. The van der Waals surface area contributed by atoms with Crippen molar-refractivity contribution in [3.8, 4) is 0 Å². The van der Waals surface area contributed by atoms with Crippen LogP contribution in [-0.2, 0) is 24.1 Å². The number of hydrogen-bond acceptors (Lipinski definition) is 4. The monoisotopic (exact) mass is 461 g/mol. The van der Waals surface area contributed by atoms with Crippen molar-refractivity contribution in [1.82, 2.24) is 0 Å². The number of ether oxygens (including phenoxy) is 1. The van der Waals surface area contributed by atoms with Gasteiger partial charge in [-0.15, -0.1) is 0 Å². The van der Waals surface area contributed by atoms with Crippen LogP contribution >= 0.6 is 0 Å². The molecule has 0 fully saturated rings. The number of carbonyl (C=O) groups is 2. The van der Waals surface area contributed by atoms with Crippen LogP contribution in [0.3, 0.4) is 0 Å². The molecule has 33 heavy (non-hydrogen) atoms. The van der Waals surface area contributed by atoms with Crippen LogP contribution in [0.15, 0.2) is 66.7 Å². The Morgan fingerprint density at radius 3 is 2.24 bits per heavy atom. The summed E-state index contributed by atoms with van der Waals surface area (Å²) in [7, 11) is 0. The van der Waals surface area contributed by atoms with Crippen molar-refractivity contribution < 1.29 is 31.9 Å². The quantitative estimate of drug-likeness (QED) is 0.434. The molecule has 2 amide bonds. The highest BCUT2D eigenvalue weighted by atomic mass is 19.4. The van der Waals surface area contributed by atoms with E-state index in [0.29, 0.717) is 17.2 Å². The molecule has 6 nitrogen and oxygen atoms in total. The molecule has 172 valence electrons. The van der Waals surface area contributed by atoms with Crippen molar-refractivity contribution in [1.29, 1.82) is 0 Å². The molecule has 0 aliphatic heterocycles. The zero-order valence-corrected chi connectivity index (χ0v) is 17.1. The number of anilines is 2. The van der Waals surface area contributed by atoms with Crippen LogP contribution in [0.25, 0.3) is 0 Å². The molecule has 0 atom stereocenters. The van der Waals surface area contributed by atoms with E-state index in [0.717, 1.165) is 6.07 Å². The van der Waals surface area contributed by atoms with E-state index in [1.807, 2.05) is 0 Å². The van der Waals surface area contributed by atoms with Gasteiger partial charge in [0.1, 0.15) is 12.4 Å². The Balaban J connectivity index is 1.84. The molecule has 10 heteroatoms. The molecule has 4 N–H and O–H groups in total. The molecule has 0 spiro atoms. The number of alkyl halides is 3. The normalized spacial score (nSPS) is 11.1. The number of benzene rings is 3. The first-order valence-electron chi connectivity index (χ1n) is 9.66. The Morgan fingerprint density at radius 1 is 0.879 bits per heavy atom. The maximum atomic E-state index is 14.6. The summed E-state index contributed by atoms with van der Waals surface area (Å²) < 4.78 is 59.7. The number of amides is 2. The van der Waals surface area contributed by atoms with Gasteiger partial charge in [0.2, 0.25) is 0 Å². The molecular weight excluding hydrogens is 442 g/mol. The van der Waals surface area contributed by atoms with Crippen LogP contribution < -0.4 is 16.4 Å². The Hall–Kier alpha value is -3.92. The van der Waals surface area contributed by atoms with Gasteiger partial charge in [-0.3, -0.25) is 10.1 Å². The van der Waals surface area contributed by atoms with E-state index in [1.54, 1.807) is 42.5 Å². The number of halogens is 4. The molecule has 0 unspecified atom stereocenters. The van der Waals surface area contributed by atoms with Crippen LogP contribution in [0.1, 0.15) is 27.0 Å². The van der Waals surface area contributed by atoms with Gasteiger partial charge in [-0.2, -0.15) is 13.2 Å². The highest BCUT2D eigenvalue weighted by Crippen LogP contribution is 2.35. The third-order valence-electron chi connectivity index (χ3n) is 4.50. The highest BCUT2D eigenvalue weighted by Gasteiger charge is 2.37. The molecule has 0 saturated carbocycles. The second kappa shape index (κ2) is 10.1. The molecule has 3 aromatic carbocycles. The first kappa shape index (κ1) is 23.7. The predicted octanol–water partition coefficient (Wildman–Crippen LogP) is 5.30. The molecular formula is C23H19F4N3O3. The maximum absolute atomic E-state index is 14.6. The van der Waals surface area contributed by atoms with Gasteiger partial charge in [-0.05, 0) is 35.4 Å². The molecule has 0 aliphatic rings. The average molecular weight is 461 g/mol. The fourth-order valence-corrected chi connectivity index (χ4v) is 2.92. The summed E-state index contributed by atoms with van der Waals surface area (Å²) in [5, 5.41) is 4.44. The van der Waals surface area contributed by atoms with E-state index < -0.39 is 40.8 Å². The predicted molar refractivity (Wildman–Crippen MR) is 114 cm³/mol. The van der Waals surface area contributed by atoms with Gasteiger partial charge in [0.05, 0.1) is 11.1 Å². The molecule has 0 bridgehead atoms. The molecule has 0 aromatic heterocycles. The standard InChI is InChI=1S/C23H19F4N3O3/c24-20-18(21(31)29-16-8-4-7-15(9-16)12-28)10-17(11-19(20)23(25,26)27)30-22(32)33-13-14-5-2-1-3-6-14/h1-11H,12-13,28H2,(H,29,31)(H,30,32). The smallest absolute Gasteiger partial charge is 0.419 e. The summed E-state index contributed by atoms with van der Waals surface area (Å²) in [6, 6.07) is 16.0. The average Bonchev–Trinajstić information content (AvgIpc) is 2.78. The lowest BCUT2D eigenvalue weighted by atomic mass is 10.1. The Morgan fingerprint density at radius 2 is 1.58 bits per heavy atom. The summed E-state index contributed by atoms with van der Waals surface area (Å²) >= 11 is 0. The van der Waals surface area contributed by atoms with Crippen molar-refractivity contribution in [2.75, 3.05) is 10.6 Å². The minimum Gasteiger partial charge on any atom is -0.444 e. The van der Waals surface area contributed by atoms with E-state index in [4.69, 9.17) is 10.5 Å². The topological polar surface area (TPSA) is 93.5 Å². The van der Waals surface area contributed by atoms with Gasteiger partial charge >= 0.3 is 12.3 Å². The fraction of sp³-hybridized carbons (Fsp3) is 0.130. The van der Waals surface area contributed by atoms with Crippen molar-refractivity contribution >= 4 is 23.4 Å². The van der Waals surface area contributed by atoms with Gasteiger partial charge in [0.15, 0.2) is 0 Å². The molecule has 0 heterocycles. The lowest BCUT2D eigenvalue weighted by Crippen LogP contribution is -2.20. The van der Waals surface area contributed by atoms with E-state index in [1.165, 1.54) is 12.1 Å². The summed E-state index contributed by atoms with van der Waals surface area (Å²) in [6.45, 7) is 0.0333. The first-order chi connectivity index (χ1) is 15.7. The Bertz CT molecular complexity index is 1150. The van der Waals surface area contributed by atoms with Crippen molar-refractivity contribution in [3.05, 3.63) is 94.8 Å². The summed E-state index contributed by atoms with van der Waals surface area (Å²) in [5.41, 5.74) is 4.00. The lowest BCUT2D eigenvalue weighted by Gasteiger charge is -2.15. The van der Waals surface area contributed by atoms with Crippen molar-refractivity contribution in [3.63, 3.8) is 0 Å². The largest absolute Gasteiger partial charge is 0.444 e. The number of rotatable bonds is 6. The van der Waals surface area contributed by atoms with Crippen molar-refractivity contribution in [2.45, 2.75) is 19.3 Å².